The van der Waals surface area contributed by atoms with Gasteiger partial charge in [0, 0.05) is 23.3 Å². The monoisotopic (exact) mass is 412 g/mol. The van der Waals surface area contributed by atoms with Gasteiger partial charge in [0.1, 0.15) is 22.8 Å². The number of halogens is 2. The number of nitro benzene ring substituents is 2. The van der Waals surface area contributed by atoms with E-state index in [2.05, 4.69) is 4.74 Å². The summed E-state index contributed by atoms with van der Waals surface area (Å²) < 4.78 is 30.3. The molecule has 0 amide bonds. The number of ether oxygens (including phenoxy) is 1. The molecule has 0 aliphatic heterocycles. The molecule has 0 aliphatic rings. The highest BCUT2D eigenvalue weighted by molar-refractivity contribution is 5.95. The molecule has 0 fully saturated rings. The van der Waals surface area contributed by atoms with E-state index in [0.717, 1.165) is 31.4 Å². The van der Waals surface area contributed by atoms with Crippen molar-refractivity contribution in [3.63, 3.8) is 0 Å². The summed E-state index contributed by atoms with van der Waals surface area (Å²) in [5.74, 6) is -3.87. The van der Waals surface area contributed by atoms with Crippen LogP contribution < -0.4 is 0 Å². The summed E-state index contributed by atoms with van der Waals surface area (Å²) in [5.41, 5.74) is -2.32. The van der Waals surface area contributed by atoms with E-state index in [1.54, 1.807) is 0 Å². The molecule has 2 rings (SSSR count). The fourth-order valence-corrected chi connectivity index (χ4v) is 2.28. The average Bonchev–Trinajstić information content (AvgIpc) is 2.64. The first-order valence-electron chi connectivity index (χ1n) is 7.62. The van der Waals surface area contributed by atoms with Crippen LogP contribution in [0.25, 0.3) is 0 Å². The van der Waals surface area contributed by atoms with E-state index in [1.165, 1.54) is 13.8 Å². The number of nitrogens with zero attached hydrogens (tertiary/aromatic N) is 2. The Hall–Kier alpha value is -3.96. The third kappa shape index (κ3) is 5.06. The Balaban J connectivity index is 0.000000291. The minimum Gasteiger partial charge on any atom is -0.477 e. The predicted molar refractivity (Wildman–Crippen MR) is 93.9 cm³/mol. The van der Waals surface area contributed by atoms with Crippen LogP contribution >= 0.6 is 0 Å². The quantitative estimate of drug-likeness (QED) is 0.455. The van der Waals surface area contributed by atoms with Gasteiger partial charge in [-0.05, 0) is 26.0 Å². The molecule has 10 nitrogen and oxygen atoms in total. The van der Waals surface area contributed by atoms with Crippen molar-refractivity contribution < 1.29 is 38.1 Å². The number of carboxylic acid groups (broad SMARTS) is 1. The Labute approximate surface area is 161 Å². The lowest BCUT2D eigenvalue weighted by Crippen LogP contribution is -2.09. The van der Waals surface area contributed by atoms with Gasteiger partial charge in [0.25, 0.3) is 11.4 Å². The molecular formula is C17H14F2N2O8. The van der Waals surface area contributed by atoms with Crippen molar-refractivity contribution in [2.45, 2.75) is 13.8 Å². The van der Waals surface area contributed by atoms with E-state index in [0.29, 0.717) is 0 Å². The van der Waals surface area contributed by atoms with Crippen LogP contribution in [0.1, 0.15) is 31.8 Å². The van der Waals surface area contributed by atoms with Gasteiger partial charge < -0.3 is 9.84 Å². The van der Waals surface area contributed by atoms with Gasteiger partial charge in [-0.25, -0.2) is 18.4 Å². The van der Waals surface area contributed by atoms with E-state index >= 15 is 0 Å². The number of esters is 1. The molecule has 0 aliphatic carbocycles. The maximum absolute atomic E-state index is 13.1. The Bertz CT molecular complexity index is 1010. The maximum Gasteiger partial charge on any atom is 0.345 e. The van der Waals surface area contributed by atoms with Crippen LogP contribution in [-0.2, 0) is 4.74 Å². The second-order valence-corrected chi connectivity index (χ2v) is 5.44. The number of hydrogen-bond acceptors (Lipinski definition) is 7. The molecule has 0 aromatic heterocycles. The number of benzene rings is 2. The zero-order valence-corrected chi connectivity index (χ0v) is 15.3. The van der Waals surface area contributed by atoms with Crippen LogP contribution in [0.2, 0.25) is 0 Å². The van der Waals surface area contributed by atoms with Gasteiger partial charge in [0.2, 0.25) is 0 Å². The zero-order valence-electron chi connectivity index (χ0n) is 15.3. The Morgan fingerprint density at radius 2 is 1.28 bits per heavy atom. The van der Waals surface area contributed by atoms with Gasteiger partial charge in [0.15, 0.2) is 0 Å². The van der Waals surface area contributed by atoms with Crippen LogP contribution in [0.4, 0.5) is 20.2 Å². The summed E-state index contributed by atoms with van der Waals surface area (Å²) in [7, 11) is 1.08. The summed E-state index contributed by atoms with van der Waals surface area (Å²) in [4.78, 5) is 41.2. The molecule has 154 valence electrons. The number of rotatable bonds is 4. The number of methoxy groups -OCH3 is 1. The fourth-order valence-electron chi connectivity index (χ4n) is 2.28. The van der Waals surface area contributed by atoms with Crippen molar-refractivity contribution in [1.82, 2.24) is 0 Å². The summed E-state index contributed by atoms with van der Waals surface area (Å²) in [6.07, 6.45) is 0. The molecule has 0 saturated carbocycles. The van der Waals surface area contributed by atoms with Crippen LogP contribution in [0.3, 0.4) is 0 Å². The van der Waals surface area contributed by atoms with Gasteiger partial charge in [-0.3, -0.25) is 20.2 Å². The number of nitro groups is 2. The number of aromatic carboxylic acids is 1. The minimum atomic E-state index is -1.51. The first-order chi connectivity index (χ1) is 13.4. The average molecular weight is 412 g/mol. The van der Waals surface area contributed by atoms with Gasteiger partial charge in [-0.15, -0.1) is 0 Å². The molecule has 0 heterocycles. The molecule has 0 radical (unpaired) electrons. The molecule has 0 unspecified atom stereocenters. The van der Waals surface area contributed by atoms with Gasteiger partial charge >= 0.3 is 11.9 Å². The van der Waals surface area contributed by atoms with Crippen molar-refractivity contribution in [3.8, 4) is 0 Å². The van der Waals surface area contributed by atoms with E-state index in [-0.39, 0.29) is 16.7 Å². The summed E-state index contributed by atoms with van der Waals surface area (Å²) in [5, 5.41) is 29.6. The number of carboxylic acids is 1. The van der Waals surface area contributed by atoms with Gasteiger partial charge in [0.05, 0.1) is 17.0 Å². The molecule has 0 bridgehead atoms. The van der Waals surface area contributed by atoms with Gasteiger partial charge in [-0.2, -0.15) is 0 Å². The number of hydrogen-bond donors (Lipinski definition) is 1. The highest BCUT2D eigenvalue weighted by Gasteiger charge is 2.25. The Morgan fingerprint density at radius 3 is 1.62 bits per heavy atom. The largest absolute Gasteiger partial charge is 0.477 e. The molecule has 12 heteroatoms. The summed E-state index contributed by atoms with van der Waals surface area (Å²) >= 11 is 0. The van der Waals surface area contributed by atoms with Crippen molar-refractivity contribution >= 4 is 23.3 Å². The molecule has 2 aromatic carbocycles. The normalized spacial score (nSPS) is 9.83. The molecule has 1 N–H and O–H groups in total. The van der Waals surface area contributed by atoms with Crippen molar-refractivity contribution in [3.05, 3.63) is 78.4 Å². The molecule has 0 saturated heterocycles. The molecule has 0 atom stereocenters. The fraction of sp³-hybridized carbons (Fsp3) is 0.176. The standard InChI is InChI=1S/C9H8FNO4.C8H6FNO4/c1-5-6(10)3-4-7(11(13)14)8(5)9(12)15-2;1-4-5(9)2-3-6(10(13)14)7(4)8(11)12/h3-4H,1-2H3;2-3H,1H3,(H,11,12). The highest BCUT2D eigenvalue weighted by Crippen LogP contribution is 2.25. The smallest absolute Gasteiger partial charge is 0.345 e. The van der Waals surface area contributed by atoms with Crippen molar-refractivity contribution in [2.24, 2.45) is 0 Å². The lowest BCUT2D eigenvalue weighted by molar-refractivity contribution is -0.385. The topological polar surface area (TPSA) is 150 Å². The van der Waals surface area contributed by atoms with E-state index in [4.69, 9.17) is 5.11 Å². The number of carbonyl (C=O) groups is 2. The highest BCUT2D eigenvalue weighted by atomic mass is 19.1. The second kappa shape index (κ2) is 9.30. The van der Waals surface area contributed by atoms with Crippen LogP contribution in [0.15, 0.2) is 24.3 Å². The first kappa shape index (κ1) is 23.1. The SMILES string of the molecule is COC(=O)c1c([N+](=O)[O-])ccc(F)c1C.Cc1c(F)ccc([N+](=O)[O-])c1C(=O)O. The van der Waals surface area contributed by atoms with Crippen molar-refractivity contribution in [2.75, 3.05) is 7.11 Å². The maximum atomic E-state index is 13.1. The Kier molecular flexibility index (Phi) is 7.40. The lowest BCUT2D eigenvalue weighted by atomic mass is 10.1. The molecule has 0 spiro atoms. The lowest BCUT2D eigenvalue weighted by Gasteiger charge is -2.05. The third-order valence-electron chi connectivity index (χ3n) is 3.75. The van der Waals surface area contributed by atoms with Crippen molar-refractivity contribution in [1.29, 1.82) is 0 Å². The van der Waals surface area contributed by atoms with E-state index in [9.17, 15) is 38.6 Å². The Morgan fingerprint density at radius 1 is 0.897 bits per heavy atom. The summed E-state index contributed by atoms with van der Waals surface area (Å²) in [6, 6.07) is 3.60. The number of carbonyl (C=O) groups excluding carboxylic acids is 1. The second-order valence-electron chi connectivity index (χ2n) is 5.44. The zero-order chi connectivity index (χ0) is 22.5. The minimum absolute atomic E-state index is 0.0870. The van der Waals surface area contributed by atoms with Gasteiger partial charge in [-0.1, -0.05) is 0 Å². The van der Waals surface area contributed by atoms with Crippen LogP contribution in [0, 0.1) is 45.7 Å². The molecule has 29 heavy (non-hydrogen) atoms. The first-order valence-corrected chi connectivity index (χ1v) is 7.62. The predicted octanol–water partition coefficient (Wildman–Crippen LogP) is 3.57. The van der Waals surface area contributed by atoms with E-state index in [1.807, 2.05) is 0 Å². The summed E-state index contributed by atoms with van der Waals surface area (Å²) in [6.45, 7) is 2.47. The molecular weight excluding hydrogens is 398 g/mol. The van der Waals surface area contributed by atoms with E-state index < -0.39 is 50.4 Å². The third-order valence-corrected chi connectivity index (χ3v) is 3.75. The van der Waals surface area contributed by atoms with Crippen LogP contribution in [-0.4, -0.2) is 34.0 Å². The molecule has 2 aromatic rings. The van der Waals surface area contributed by atoms with Crippen LogP contribution in [0.5, 0.6) is 0 Å².